The molecule has 1 fully saturated rings. The summed E-state index contributed by atoms with van der Waals surface area (Å²) in [6.07, 6.45) is 5.70. The Morgan fingerprint density at radius 2 is 1.89 bits per heavy atom. The third-order valence-corrected chi connectivity index (χ3v) is 2.93. The van der Waals surface area contributed by atoms with Gasteiger partial charge in [0.1, 0.15) is 5.60 Å². The van der Waals surface area contributed by atoms with E-state index in [1.165, 1.54) is 0 Å². The van der Waals surface area contributed by atoms with Crippen molar-refractivity contribution in [3.8, 4) is 0 Å². The lowest BCUT2D eigenvalue weighted by molar-refractivity contribution is 0.0509. The molecule has 0 unspecified atom stereocenters. The number of carbonyl (C=O) groups is 1. The van der Waals surface area contributed by atoms with E-state index < -0.39 is 5.60 Å². The average molecular weight is 259 g/mol. The fourth-order valence-electron chi connectivity index (χ4n) is 1.79. The van der Waals surface area contributed by atoms with Gasteiger partial charge in [-0.3, -0.25) is 0 Å². The van der Waals surface area contributed by atoms with E-state index in [1.54, 1.807) is 0 Å². The summed E-state index contributed by atoms with van der Waals surface area (Å²) in [5.41, 5.74) is 0.473. The Morgan fingerprint density at radius 3 is 2.42 bits per heavy atom. The van der Waals surface area contributed by atoms with Crippen molar-refractivity contribution in [3.05, 3.63) is 42.0 Å². The van der Waals surface area contributed by atoms with Crippen LogP contribution >= 0.6 is 0 Å². The minimum absolute atomic E-state index is 0.210. The molecule has 0 spiro atoms. The summed E-state index contributed by atoms with van der Waals surface area (Å²) < 4.78 is 5.28. The zero-order chi connectivity index (χ0) is 13.9. The van der Waals surface area contributed by atoms with Gasteiger partial charge in [-0.2, -0.15) is 0 Å². The van der Waals surface area contributed by atoms with Crippen LogP contribution in [0.3, 0.4) is 0 Å². The second-order valence-corrected chi connectivity index (χ2v) is 6.03. The summed E-state index contributed by atoms with van der Waals surface area (Å²) in [5.74, 6) is 0. The lowest BCUT2D eigenvalue weighted by atomic mass is 10.1. The van der Waals surface area contributed by atoms with Gasteiger partial charge < -0.3 is 10.1 Å². The van der Waals surface area contributed by atoms with Crippen LogP contribution in [0.15, 0.2) is 36.4 Å². The van der Waals surface area contributed by atoms with Gasteiger partial charge in [-0.15, -0.1) is 0 Å². The Hall–Kier alpha value is -1.77. The van der Waals surface area contributed by atoms with Gasteiger partial charge in [0, 0.05) is 0 Å². The fourth-order valence-corrected chi connectivity index (χ4v) is 1.79. The Kier molecular flexibility index (Phi) is 3.65. The number of hydrogen-bond acceptors (Lipinski definition) is 2. The molecule has 0 aromatic heterocycles. The summed E-state index contributed by atoms with van der Waals surface area (Å²) >= 11 is 0. The number of benzene rings is 1. The number of hydrogen-bond donors (Lipinski definition) is 1. The molecule has 19 heavy (non-hydrogen) atoms. The quantitative estimate of drug-likeness (QED) is 0.897. The first kappa shape index (κ1) is 13.7. The van der Waals surface area contributed by atoms with E-state index in [-0.39, 0.29) is 11.6 Å². The molecule has 0 radical (unpaired) electrons. The predicted octanol–water partition coefficient (Wildman–Crippen LogP) is 3.76. The molecule has 0 heterocycles. The third-order valence-electron chi connectivity index (χ3n) is 2.93. The molecule has 1 aliphatic rings. The van der Waals surface area contributed by atoms with Crippen molar-refractivity contribution < 1.29 is 9.53 Å². The molecule has 1 N–H and O–H groups in total. The van der Waals surface area contributed by atoms with Gasteiger partial charge in [0.05, 0.1) is 5.54 Å². The van der Waals surface area contributed by atoms with Crippen molar-refractivity contribution in [2.24, 2.45) is 0 Å². The van der Waals surface area contributed by atoms with Crippen molar-refractivity contribution in [1.82, 2.24) is 5.32 Å². The van der Waals surface area contributed by atoms with E-state index in [9.17, 15) is 4.79 Å². The van der Waals surface area contributed by atoms with Gasteiger partial charge in [-0.05, 0) is 39.2 Å². The number of carbonyl (C=O) groups excluding carboxylic acids is 1. The molecule has 1 amide bonds. The molecular formula is C16H21NO2. The lowest BCUT2D eigenvalue weighted by Crippen LogP contribution is -2.39. The van der Waals surface area contributed by atoms with Gasteiger partial charge in [-0.25, -0.2) is 4.79 Å². The van der Waals surface area contributed by atoms with E-state index in [0.29, 0.717) is 0 Å². The standard InChI is InChI=1S/C16H21NO2/c1-15(2,3)19-14(18)17-16(11-12-16)10-9-13-7-5-4-6-8-13/h4-10H,11-12H2,1-3H3,(H,17,18)/b10-9+. The highest BCUT2D eigenvalue weighted by molar-refractivity contribution is 5.70. The number of alkyl carbamates (subject to hydrolysis) is 1. The second kappa shape index (κ2) is 5.08. The molecule has 0 aliphatic heterocycles. The molecule has 2 rings (SSSR count). The molecule has 1 aromatic carbocycles. The summed E-state index contributed by atoms with van der Waals surface area (Å²) in [6, 6.07) is 10.1. The van der Waals surface area contributed by atoms with Crippen molar-refractivity contribution in [1.29, 1.82) is 0 Å². The molecule has 1 aromatic rings. The van der Waals surface area contributed by atoms with Crippen LogP contribution in [0, 0.1) is 0 Å². The highest BCUT2D eigenvalue weighted by Gasteiger charge is 2.42. The van der Waals surface area contributed by atoms with Gasteiger partial charge >= 0.3 is 6.09 Å². The van der Waals surface area contributed by atoms with E-state index in [1.807, 2.05) is 57.2 Å². The summed E-state index contributed by atoms with van der Waals surface area (Å²) in [5, 5.41) is 2.95. The second-order valence-electron chi connectivity index (χ2n) is 6.03. The first-order valence-electron chi connectivity index (χ1n) is 6.64. The summed E-state index contributed by atoms with van der Waals surface area (Å²) in [4.78, 5) is 11.8. The molecule has 1 saturated carbocycles. The topological polar surface area (TPSA) is 38.3 Å². The Bertz CT molecular complexity index is 467. The molecule has 0 saturated heterocycles. The molecule has 0 bridgehead atoms. The normalized spacial score (nSPS) is 17.2. The monoisotopic (exact) mass is 259 g/mol. The van der Waals surface area contributed by atoms with Crippen molar-refractivity contribution in [3.63, 3.8) is 0 Å². The number of rotatable bonds is 3. The maximum Gasteiger partial charge on any atom is 0.408 e. The van der Waals surface area contributed by atoms with Crippen molar-refractivity contribution in [2.45, 2.75) is 44.8 Å². The predicted molar refractivity (Wildman–Crippen MR) is 76.8 cm³/mol. The van der Waals surface area contributed by atoms with Gasteiger partial charge in [0.25, 0.3) is 0 Å². The molecule has 3 nitrogen and oxygen atoms in total. The SMILES string of the molecule is CC(C)(C)OC(=O)NC1(/C=C/c2ccccc2)CC1. The van der Waals surface area contributed by atoms with Crippen LogP contribution in [0.25, 0.3) is 6.08 Å². The number of ether oxygens (including phenoxy) is 1. The minimum atomic E-state index is -0.455. The lowest BCUT2D eigenvalue weighted by Gasteiger charge is -2.22. The maximum atomic E-state index is 11.8. The number of amides is 1. The van der Waals surface area contributed by atoms with Crippen LogP contribution in [-0.2, 0) is 4.74 Å². The molecule has 3 heteroatoms. The van der Waals surface area contributed by atoms with E-state index in [2.05, 4.69) is 11.4 Å². The molecule has 0 atom stereocenters. The van der Waals surface area contributed by atoms with Gasteiger partial charge in [-0.1, -0.05) is 42.5 Å². The molecule has 1 aliphatic carbocycles. The smallest absolute Gasteiger partial charge is 0.408 e. The Labute approximate surface area is 114 Å². The van der Waals surface area contributed by atoms with E-state index in [0.717, 1.165) is 18.4 Å². The zero-order valence-electron chi connectivity index (χ0n) is 11.8. The largest absolute Gasteiger partial charge is 0.444 e. The van der Waals surface area contributed by atoms with Crippen LogP contribution in [0.1, 0.15) is 39.2 Å². The van der Waals surface area contributed by atoms with Gasteiger partial charge in [0.2, 0.25) is 0 Å². The van der Waals surface area contributed by atoms with Crippen molar-refractivity contribution in [2.75, 3.05) is 0 Å². The maximum absolute atomic E-state index is 11.8. The highest BCUT2D eigenvalue weighted by Crippen LogP contribution is 2.37. The van der Waals surface area contributed by atoms with Crippen LogP contribution in [-0.4, -0.2) is 17.2 Å². The fraction of sp³-hybridized carbons (Fsp3) is 0.438. The Morgan fingerprint density at radius 1 is 1.26 bits per heavy atom. The molecular weight excluding hydrogens is 238 g/mol. The van der Waals surface area contributed by atoms with Crippen LogP contribution in [0.2, 0.25) is 0 Å². The zero-order valence-corrected chi connectivity index (χ0v) is 11.8. The highest BCUT2D eigenvalue weighted by atomic mass is 16.6. The molecule has 102 valence electrons. The van der Waals surface area contributed by atoms with Crippen LogP contribution < -0.4 is 5.32 Å². The van der Waals surface area contributed by atoms with Gasteiger partial charge in [0.15, 0.2) is 0 Å². The first-order valence-corrected chi connectivity index (χ1v) is 6.64. The van der Waals surface area contributed by atoms with Crippen LogP contribution in [0.4, 0.5) is 4.79 Å². The van der Waals surface area contributed by atoms with E-state index >= 15 is 0 Å². The summed E-state index contributed by atoms with van der Waals surface area (Å²) in [7, 11) is 0. The summed E-state index contributed by atoms with van der Waals surface area (Å²) in [6.45, 7) is 5.60. The van der Waals surface area contributed by atoms with Crippen molar-refractivity contribution >= 4 is 12.2 Å². The Balaban J connectivity index is 1.93. The number of nitrogens with one attached hydrogen (secondary N) is 1. The first-order chi connectivity index (χ1) is 8.89. The third kappa shape index (κ3) is 4.43. The van der Waals surface area contributed by atoms with Crippen LogP contribution in [0.5, 0.6) is 0 Å². The average Bonchev–Trinajstić information content (AvgIpc) is 3.05. The van der Waals surface area contributed by atoms with E-state index in [4.69, 9.17) is 4.74 Å². The minimum Gasteiger partial charge on any atom is -0.444 e.